The minimum atomic E-state index is -0.0797. The fourth-order valence-corrected chi connectivity index (χ4v) is 8.63. The van der Waals surface area contributed by atoms with Crippen molar-refractivity contribution in [2.75, 3.05) is 0 Å². The van der Waals surface area contributed by atoms with Crippen LogP contribution >= 0.6 is 0 Å². The Balaban J connectivity index is 1.19. The molecule has 1 fully saturated rings. The molecule has 5 aromatic rings. The lowest BCUT2D eigenvalue weighted by atomic mass is 9.67. The van der Waals surface area contributed by atoms with E-state index in [0.717, 1.165) is 59.9 Å². The third kappa shape index (κ3) is 5.26. The number of allylic oxidation sites excluding steroid dienone is 8. The summed E-state index contributed by atoms with van der Waals surface area (Å²) in [6.45, 7) is 0. The molecule has 4 aliphatic carbocycles. The first-order chi connectivity index (χ1) is 24.7. The lowest BCUT2D eigenvalue weighted by molar-refractivity contribution is 0.353. The van der Waals surface area contributed by atoms with E-state index in [1.165, 1.54) is 52.7 Å². The van der Waals surface area contributed by atoms with Crippen LogP contribution in [0.5, 0.6) is 0 Å². The Bertz CT molecular complexity index is 2280. The van der Waals surface area contributed by atoms with Crippen LogP contribution in [0.1, 0.15) is 73.9 Å². The lowest BCUT2D eigenvalue weighted by Gasteiger charge is -2.36. The zero-order valence-corrected chi connectivity index (χ0v) is 28.1. The second-order valence-corrected chi connectivity index (χ2v) is 14.0. The molecule has 0 amide bonds. The first kappa shape index (κ1) is 30.4. The van der Waals surface area contributed by atoms with E-state index in [-0.39, 0.29) is 5.41 Å². The second-order valence-electron chi connectivity index (χ2n) is 14.0. The molecule has 1 saturated carbocycles. The number of fused-ring (bicyclic) bond motifs is 5. The van der Waals surface area contributed by atoms with Crippen molar-refractivity contribution >= 4 is 5.57 Å². The molecule has 1 unspecified atom stereocenters. The van der Waals surface area contributed by atoms with Gasteiger partial charge >= 0.3 is 0 Å². The number of aromatic nitrogens is 3. The van der Waals surface area contributed by atoms with Crippen molar-refractivity contribution in [3.8, 4) is 51.1 Å². The molecule has 0 saturated heterocycles. The minimum Gasteiger partial charge on any atom is -0.208 e. The average molecular weight is 647 g/mol. The van der Waals surface area contributed by atoms with Crippen molar-refractivity contribution in [3.63, 3.8) is 0 Å². The van der Waals surface area contributed by atoms with Crippen LogP contribution in [0.25, 0.3) is 50.6 Å². The number of hydrogen-bond donors (Lipinski definition) is 0. The molecule has 1 atom stereocenters. The summed E-state index contributed by atoms with van der Waals surface area (Å²) in [6, 6.07) is 34.3. The Labute approximate surface area is 294 Å². The molecule has 0 N–H and O–H groups in total. The maximum atomic E-state index is 9.88. The van der Waals surface area contributed by atoms with Gasteiger partial charge < -0.3 is 0 Å². The third-order valence-electron chi connectivity index (χ3n) is 11.2. The molecule has 242 valence electrons. The van der Waals surface area contributed by atoms with Gasteiger partial charge in [0.2, 0.25) is 0 Å². The summed E-state index contributed by atoms with van der Waals surface area (Å²) in [5, 5.41) is 9.88. The van der Waals surface area contributed by atoms with Gasteiger partial charge in [0.1, 0.15) is 0 Å². The Morgan fingerprint density at radius 1 is 0.640 bits per heavy atom. The van der Waals surface area contributed by atoms with Crippen molar-refractivity contribution in [2.24, 2.45) is 5.92 Å². The molecular weight excluding hydrogens is 609 g/mol. The number of benzene rings is 4. The number of hydrogen-bond acceptors (Lipinski definition) is 4. The summed E-state index contributed by atoms with van der Waals surface area (Å²) in [7, 11) is 0. The van der Waals surface area contributed by atoms with Gasteiger partial charge in [-0.3, -0.25) is 0 Å². The summed E-state index contributed by atoms with van der Waals surface area (Å²) in [5.74, 6) is 2.43. The van der Waals surface area contributed by atoms with Crippen molar-refractivity contribution < 1.29 is 0 Å². The number of nitrogens with zero attached hydrogens (tertiary/aromatic N) is 4. The monoisotopic (exact) mass is 646 g/mol. The summed E-state index contributed by atoms with van der Waals surface area (Å²) in [6.07, 6.45) is 22.7. The van der Waals surface area contributed by atoms with E-state index in [1.807, 2.05) is 12.1 Å². The van der Waals surface area contributed by atoms with Crippen molar-refractivity contribution in [1.82, 2.24) is 15.0 Å². The highest BCUT2D eigenvalue weighted by Crippen LogP contribution is 2.57. The number of nitriles is 1. The van der Waals surface area contributed by atoms with Crippen LogP contribution in [0.3, 0.4) is 0 Å². The SMILES string of the molecule is N#Cc1ccc2c(c1)C1(CCCCC1)c1cccc(-c3nc(C4=CCC(C5=CCCC=C5)C=C4)nc(-c4ccc(-c5ccccc5)cc4)n3)c1-2. The van der Waals surface area contributed by atoms with Crippen LogP contribution in [-0.4, -0.2) is 15.0 Å². The zero-order chi connectivity index (χ0) is 33.5. The Morgan fingerprint density at radius 3 is 2.18 bits per heavy atom. The van der Waals surface area contributed by atoms with Crippen LogP contribution in [0.2, 0.25) is 0 Å². The second kappa shape index (κ2) is 12.7. The molecule has 0 radical (unpaired) electrons. The van der Waals surface area contributed by atoms with Crippen molar-refractivity contribution in [2.45, 2.75) is 56.8 Å². The molecule has 4 aromatic carbocycles. The Hall–Kier alpha value is -5.66. The van der Waals surface area contributed by atoms with Gasteiger partial charge in [0.15, 0.2) is 17.5 Å². The van der Waals surface area contributed by atoms with Gasteiger partial charge in [-0.05, 0) is 83.2 Å². The molecule has 4 nitrogen and oxygen atoms in total. The highest BCUT2D eigenvalue weighted by atomic mass is 15.0. The fourth-order valence-electron chi connectivity index (χ4n) is 8.63. The maximum absolute atomic E-state index is 9.88. The van der Waals surface area contributed by atoms with E-state index in [9.17, 15) is 5.26 Å². The highest BCUT2D eigenvalue weighted by molar-refractivity contribution is 5.92. The van der Waals surface area contributed by atoms with Gasteiger partial charge in [0, 0.05) is 28.0 Å². The van der Waals surface area contributed by atoms with E-state index in [2.05, 4.69) is 121 Å². The van der Waals surface area contributed by atoms with Crippen LogP contribution in [-0.2, 0) is 5.41 Å². The molecule has 4 aliphatic rings. The van der Waals surface area contributed by atoms with Gasteiger partial charge in [-0.15, -0.1) is 0 Å². The first-order valence-electron chi connectivity index (χ1n) is 18.1. The minimum absolute atomic E-state index is 0.0797. The molecule has 50 heavy (non-hydrogen) atoms. The lowest BCUT2D eigenvalue weighted by Crippen LogP contribution is -2.28. The largest absolute Gasteiger partial charge is 0.208 e. The van der Waals surface area contributed by atoms with E-state index in [4.69, 9.17) is 15.0 Å². The molecule has 4 heteroatoms. The molecule has 0 aliphatic heterocycles. The van der Waals surface area contributed by atoms with Crippen LogP contribution in [0.4, 0.5) is 0 Å². The molecule has 1 aromatic heterocycles. The van der Waals surface area contributed by atoms with Gasteiger partial charge in [-0.1, -0.05) is 135 Å². The average Bonchev–Trinajstić information content (AvgIpc) is 3.46. The summed E-state index contributed by atoms with van der Waals surface area (Å²) in [4.78, 5) is 15.6. The normalized spacial score (nSPS) is 18.6. The standard InChI is InChI=1S/C46H38N4/c47-30-31-17-26-38-41(29-31)46(27-8-3-9-28-46)40-16-10-15-39(42(38)40)45-49-43(36-22-18-34(19-23-36)32-11-4-1-5-12-32)48-44(50-45)37-24-20-35(21-25-37)33-13-6-2-7-14-33/h1,4-6,10-20,22-26,29,35H,2-3,7-9,21,27-28H2. The van der Waals surface area contributed by atoms with E-state index in [1.54, 1.807) is 0 Å². The van der Waals surface area contributed by atoms with E-state index >= 15 is 0 Å². The third-order valence-corrected chi connectivity index (χ3v) is 11.2. The van der Waals surface area contributed by atoms with Crippen LogP contribution in [0.15, 0.2) is 133 Å². The Kier molecular flexibility index (Phi) is 7.70. The van der Waals surface area contributed by atoms with E-state index < -0.39 is 0 Å². The summed E-state index contributed by atoms with van der Waals surface area (Å²) < 4.78 is 0. The number of rotatable bonds is 5. The van der Waals surface area contributed by atoms with Gasteiger partial charge in [-0.25, -0.2) is 15.0 Å². The highest BCUT2D eigenvalue weighted by Gasteiger charge is 2.45. The topological polar surface area (TPSA) is 62.5 Å². The first-order valence-corrected chi connectivity index (χ1v) is 18.1. The predicted octanol–water partition coefficient (Wildman–Crippen LogP) is 11.2. The van der Waals surface area contributed by atoms with Gasteiger partial charge in [0.25, 0.3) is 0 Å². The quantitative estimate of drug-likeness (QED) is 0.191. The summed E-state index contributed by atoms with van der Waals surface area (Å²) >= 11 is 0. The summed E-state index contributed by atoms with van der Waals surface area (Å²) in [5.41, 5.74) is 12.5. The molecule has 9 rings (SSSR count). The Morgan fingerprint density at radius 2 is 1.42 bits per heavy atom. The molecular formula is C46H38N4. The van der Waals surface area contributed by atoms with Crippen LogP contribution < -0.4 is 0 Å². The molecule has 1 heterocycles. The fraction of sp³-hybridized carbons (Fsp3) is 0.217. The van der Waals surface area contributed by atoms with Gasteiger partial charge in [0.05, 0.1) is 11.6 Å². The van der Waals surface area contributed by atoms with Crippen molar-refractivity contribution in [3.05, 3.63) is 156 Å². The van der Waals surface area contributed by atoms with Gasteiger partial charge in [-0.2, -0.15) is 5.26 Å². The molecule has 1 spiro atoms. The smallest absolute Gasteiger partial charge is 0.164 e. The zero-order valence-electron chi connectivity index (χ0n) is 28.1. The predicted molar refractivity (Wildman–Crippen MR) is 202 cm³/mol. The van der Waals surface area contributed by atoms with Crippen molar-refractivity contribution in [1.29, 1.82) is 5.26 Å². The maximum Gasteiger partial charge on any atom is 0.164 e. The molecule has 0 bridgehead atoms. The van der Waals surface area contributed by atoms with E-state index in [0.29, 0.717) is 23.4 Å². The van der Waals surface area contributed by atoms with Crippen LogP contribution in [0, 0.1) is 17.2 Å².